The van der Waals surface area contributed by atoms with Crippen LogP contribution in [-0.2, 0) is 16.1 Å². The highest BCUT2D eigenvalue weighted by Crippen LogP contribution is 2.11. The van der Waals surface area contributed by atoms with Gasteiger partial charge in [-0.3, -0.25) is 9.59 Å². The molecule has 0 radical (unpaired) electrons. The van der Waals surface area contributed by atoms with Crippen molar-refractivity contribution in [2.24, 2.45) is 0 Å². The third-order valence-electron chi connectivity index (χ3n) is 3.49. The van der Waals surface area contributed by atoms with Crippen LogP contribution in [0.3, 0.4) is 0 Å². The Morgan fingerprint density at radius 3 is 2.57 bits per heavy atom. The van der Waals surface area contributed by atoms with Crippen LogP contribution in [0.15, 0.2) is 18.2 Å². The zero-order chi connectivity index (χ0) is 15.2. The first-order valence-corrected chi connectivity index (χ1v) is 7.43. The van der Waals surface area contributed by atoms with Crippen LogP contribution >= 0.6 is 0 Å². The Bertz CT molecular complexity index is 518. The third kappa shape index (κ3) is 3.71. The summed E-state index contributed by atoms with van der Waals surface area (Å²) < 4.78 is 0. The summed E-state index contributed by atoms with van der Waals surface area (Å²) in [5.41, 5.74) is 0.794. The molecule has 114 valence electrons. The molecular formula is C15H22N4O2. The molecular weight excluding hydrogens is 268 g/mol. The lowest BCUT2D eigenvalue weighted by Crippen LogP contribution is -2.53. The maximum absolute atomic E-state index is 12.0. The van der Waals surface area contributed by atoms with Crippen LogP contribution in [0.4, 0.5) is 5.82 Å². The van der Waals surface area contributed by atoms with Gasteiger partial charge in [-0.25, -0.2) is 4.98 Å². The fourth-order valence-corrected chi connectivity index (χ4v) is 2.28. The number of anilines is 1. The number of pyridine rings is 1. The zero-order valence-electron chi connectivity index (χ0n) is 12.6. The predicted molar refractivity (Wildman–Crippen MR) is 80.7 cm³/mol. The highest BCUT2D eigenvalue weighted by molar-refractivity contribution is 6.35. The average Bonchev–Trinajstić information content (AvgIpc) is 2.50. The summed E-state index contributed by atoms with van der Waals surface area (Å²) in [6, 6.07) is 5.69. The van der Waals surface area contributed by atoms with Crippen LogP contribution in [0.2, 0.25) is 0 Å². The van der Waals surface area contributed by atoms with Gasteiger partial charge in [0.15, 0.2) is 0 Å². The minimum absolute atomic E-state index is 0.379. The van der Waals surface area contributed by atoms with E-state index in [9.17, 15) is 9.59 Å². The van der Waals surface area contributed by atoms with Crippen molar-refractivity contribution in [3.8, 4) is 0 Å². The molecule has 1 aliphatic heterocycles. The second-order valence-corrected chi connectivity index (χ2v) is 5.05. The van der Waals surface area contributed by atoms with Gasteiger partial charge in [0.25, 0.3) is 0 Å². The number of hydrogen-bond acceptors (Lipinski definition) is 4. The Morgan fingerprint density at radius 1 is 1.14 bits per heavy atom. The van der Waals surface area contributed by atoms with E-state index >= 15 is 0 Å². The van der Waals surface area contributed by atoms with Crippen molar-refractivity contribution in [1.82, 2.24) is 14.8 Å². The highest BCUT2D eigenvalue weighted by Gasteiger charge is 2.31. The Balaban J connectivity index is 2.01. The molecule has 1 N–H and O–H groups in total. The van der Waals surface area contributed by atoms with Crippen molar-refractivity contribution >= 4 is 17.6 Å². The Hall–Kier alpha value is -2.11. The number of rotatable bonds is 6. The summed E-state index contributed by atoms with van der Waals surface area (Å²) in [5.74, 6) is -0.0406. The van der Waals surface area contributed by atoms with Crippen LogP contribution in [0.5, 0.6) is 0 Å². The lowest BCUT2D eigenvalue weighted by atomic mass is 10.2. The molecule has 0 spiro atoms. The second-order valence-electron chi connectivity index (χ2n) is 5.05. The van der Waals surface area contributed by atoms with Crippen LogP contribution in [0, 0.1) is 0 Å². The van der Waals surface area contributed by atoms with E-state index in [0.717, 1.165) is 24.5 Å². The lowest BCUT2D eigenvalue weighted by Gasteiger charge is -2.32. The van der Waals surface area contributed by atoms with Gasteiger partial charge in [0.1, 0.15) is 5.82 Å². The Kier molecular flexibility index (Phi) is 5.14. The number of nitrogens with one attached hydrogen (secondary N) is 1. The molecule has 1 aromatic rings. The third-order valence-corrected chi connectivity index (χ3v) is 3.49. The summed E-state index contributed by atoms with van der Waals surface area (Å²) in [5, 5.41) is 3.22. The van der Waals surface area contributed by atoms with Gasteiger partial charge in [0.05, 0.1) is 12.2 Å². The van der Waals surface area contributed by atoms with Gasteiger partial charge in [-0.2, -0.15) is 0 Å². The minimum Gasteiger partial charge on any atom is -0.370 e. The van der Waals surface area contributed by atoms with Crippen LogP contribution in [0.1, 0.15) is 26.0 Å². The number of nitrogens with zero attached hydrogens (tertiary/aromatic N) is 3. The largest absolute Gasteiger partial charge is 0.370 e. The van der Waals surface area contributed by atoms with Crippen LogP contribution < -0.4 is 5.32 Å². The maximum Gasteiger partial charge on any atom is 0.312 e. The summed E-state index contributed by atoms with van der Waals surface area (Å²) in [6.45, 7) is 6.95. The molecule has 0 aromatic carbocycles. The second kappa shape index (κ2) is 7.06. The summed E-state index contributed by atoms with van der Waals surface area (Å²) >= 11 is 0. The normalized spacial score (nSPS) is 15.5. The lowest BCUT2D eigenvalue weighted by molar-refractivity contribution is -0.156. The number of hydrogen-bond donors (Lipinski definition) is 1. The number of carbonyl (C=O) groups excluding carboxylic acids is 2. The van der Waals surface area contributed by atoms with Gasteiger partial charge in [0, 0.05) is 26.2 Å². The fraction of sp³-hybridized carbons (Fsp3) is 0.533. The van der Waals surface area contributed by atoms with Crippen molar-refractivity contribution in [2.75, 3.05) is 31.5 Å². The van der Waals surface area contributed by atoms with E-state index in [2.05, 4.69) is 17.2 Å². The van der Waals surface area contributed by atoms with E-state index in [1.807, 2.05) is 25.1 Å². The molecule has 1 fully saturated rings. The van der Waals surface area contributed by atoms with Crippen molar-refractivity contribution in [1.29, 1.82) is 0 Å². The van der Waals surface area contributed by atoms with Gasteiger partial charge in [-0.05, 0) is 25.5 Å². The molecule has 1 aromatic heterocycles. The summed E-state index contributed by atoms with van der Waals surface area (Å²) in [7, 11) is 0. The molecule has 2 amide bonds. The van der Waals surface area contributed by atoms with E-state index in [1.54, 1.807) is 9.80 Å². The molecule has 0 atom stereocenters. The minimum atomic E-state index is -0.433. The van der Waals surface area contributed by atoms with Crippen LogP contribution in [-0.4, -0.2) is 52.8 Å². The average molecular weight is 290 g/mol. The molecule has 0 saturated carbocycles. The van der Waals surface area contributed by atoms with E-state index in [0.29, 0.717) is 26.2 Å². The van der Waals surface area contributed by atoms with Crippen molar-refractivity contribution < 1.29 is 9.59 Å². The quantitative estimate of drug-likeness (QED) is 0.797. The molecule has 6 nitrogen and oxygen atoms in total. The first-order chi connectivity index (χ1) is 10.2. The number of amides is 2. The summed E-state index contributed by atoms with van der Waals surface area (Å²) in [6.07, 6.45) is 1.03. The Labute approximate surface area is 125 Å². The molecule has 1 saturated heterocycles. The monoisotopic (exact) mass is 290 g/mol. The van der Waals surface area contributed by atoms with E-state index in [4.69, 9.17) is 0 Å². The molecule has 0 bridgehead atoms. The molecule has 21 heavy (non-hydrogen) atoms. The van der Waals surface area contributed by atoms with Gasteiger partial charge < -0.3 is 15.1 Å². The zero-order valence-corrected chi connectivity index (χ0v) is 12.6. The number of likely N-dealkylation sites (N-methyl/N-ethyl adjacent to an activating group) is 1. The van der Waals surface area contributed by atoms with Crippen molar-refractivity contribution in [2.45, 2.75) is 26.8 Å². The predicted octanol–water partition coefficient (Wildman–Crippen LogP) is 1.09. The molecule has 6 heteroatoms. The van der Waals surface area contributed by atoms with E-state index in [1.165, 1.54) is 0 Å². The van der Waals surface area contributed by atoms with Gasteiger partial charge in [-0.1, -0.05) is 13.0 Å². The fourth-order valence-electron chi connectivity index (χ4n) is 2.28. The first kappa shape index (κ1) is 15.3. The molecule has 0 unspecified atom stereocenters. The van der Waals surface area contributed by atoms with E-state index < -0.39 is 11.8 Å². The van der Waals surface area contributed by atoms with Crippen molar-refractivity contribution in [3.05, 3.63) is 23.9 Å². The smallest absolute Gasteiger partial charge is 0.312 e. The van der Waals surface area contributed by atoms with Crippen molar-refractivity contribution in [3.63, 3.8) is 0 Å². The topological polar surface area (TPSA) is 65.5 Å². The SMILES string of the molecule is CCCNc1cccc(CN2CCN(CC)C(=O)C2=O)n1. The van der Waals surface area contributed by atoms with Gasteiger partial charge in [-0.15, -0.1) is 0 Å². The highest BCUT2D eigenvalue weighted by atomic mass is 16.2. The van der Waals surface area contributed by atoms with Gasteiger partial charge >= 0.3 is 11.8 Å². The van der Waals surface area contributed by atoms with Crippen LogP contribution in [0.25, 0.3) is 0 Å². The number of carbonyl (C=O) groups is 2. The van der Waals surface area contributed by atoms with E-state index in [-0.39, 0.29) is 0 Å². The molecule has 1 aliphatic rings. The molecule has 0 aliphatic carbocycles. The summed E-state index contributed by atoms with van der Waals surface area (Å²) in [4.78, 5) is 31.5. The van der Waals surface area contributed by atoms with Gasteiger partial charge in [0.2, 0.25) is 0 Å². The molecule has 2 heterocycles. The number of piperazine rings is 1. The first-order valence-electron chi connectivity index (χ1n) is 7.43. The number of aromatic nitrogens is 1. The maximum atomic E-state index is 12.0. The molecule has 2 rings (SSSR count). The standard InChI is InChI=1S/C15H22N4O2/c1-3-8-16-13-7-5-6-12(17-13)11-19-10-9-18(4-2)14(20)15(19)21/h5-7H,3-4,8-11H2,1-2H3,(H,16,17). The Morgan fingerprint density at radius 2 is 1.86 bits per heavy atom.